The average Bonchev–Trinajstić information content (AvgIpc) is 2.75. The fourth-order valence-corrected chi connectivity index (χ4v) is 1.61. The van der Waals surface area contributed by atoms with Gasteiger partial charge in [-0.25, -0.2) is 4.98 Å². The third-order valence-corrected chi connectivity index (χ3v) is 2.46. The summed E-state index contributed by atoms with van der Waals surface area (Å²) in [6.07, 6.45) is 3.98. The van der Waals surface area contributed by atoms with E-state index < -0.39 is 0 Å². The summed E-state index contributed by atoms with van der Waals surface area (Å²) in [5.41, 5.74) is 0.682. The van der Waals surface area contributed by atoms with Crippen molar-refractivity contribution in [2.75, 3.05) is 19.0 Å². The first-order valence-corrected chi connectivity index (χ1v) is 5.55. The number of aromatic nitrogens is 4. The Morgan fingerprint density at radius 1 is 1.56 bits per heavy atom. The van der Waals surface area contributed by atoms with Crippen LogP contribution in [0.15, 0.2) is 23.4 Å². The largest absolute Gasteiger partial charge is 0.489 e. The van der Waals surface area contributed by atoms with Gasteiger partial charge < -0.3 is 15.0 Å². The molecule has 0 aliphatic rings. The second kappa shape index (κ2) is 5.35. The normalized spacial score (nSPS) is 10.3. The van der Waals surface area contributed by atoms with Crippen molar-refractivity contribution in [2.24, 2.45) is 7.05 Å². The number of rotatable bonds is 5. The molecule has 0 bridgehead atoms. The molecule has 2 rings (SSSR count). The summed E-state index contributed by atoms with van der Waals surface area (Å²) >= 11 is 0. The van der Waals surface area contributed by atoms with Gasteiger partial charge in [-0.3, -0.25) is 9.48 Å². The van der Waals surface area contributed by atoms with Crippen LogP contribution in [-0.2, 0) is 13.5 Å². The first-order chi connectivity index (χ1) is 8.70. The SMILES string of the molecule is COc1c(NCCc2ccn(C)n2)nc[nH]c1=O. The maximum atomic E-state index is 11.4. The van der Waals surface area contributed by atoms with Crippen molar-refractivity contribution in [1.29, 1.82) is 0 Å². The van der Waals surface area contributed by atoms with Crippen LogP contribution in [0.2, 0.25) is 0 Å². The highest BCUT2D eigenvalue weighted by Gasteiger charge is 2.08. The van der Waals surface area contributed by atoms with Gasteiger partial charge in [0, 0.05) is 26.2 Å². The molecule has 2 heterocycles. The van der Waals surface area contributed by atoms with E-state index in [0.717, 1.165) is 12.1 Å². The zero-order valence-electron chi connectivity index (χ0n) is 10.3. The lowest BCUT2D eigenvalue weighted by atomic mass is 10.3. The number of H-pyrrole nitrogens is 1. The van der Waals surface area contributed by atoms with E-state index >= 15 is 0 Å². The molecular formula is C11H15N5O2. The monoisotopic (exact) mass is 249 g/mol. The standard InChI is InChI=1S/C11H15N5O2/c1-16-6-4-8(15-16)3-5-12-10-9(18-2)11(17)14-7-13-10/h4,6-7H,3,5H2,1-2H3,(H2,12,13,14,17). The fraction of sp³-hybridized carbons (Fsp3) is 0.364. The van der Waals surface area contributed by atoms with Gasteiger partial charge in [-0.05, 0) is 6.07 Å². The molecular weight excluding hydrogens is 234 g/mol. The van der Waals surface area contributed by atoms with E-state index in [9.17, 15) is 4.79 Å². The summed E-state index contributed by atoms with van der Waals surface area (Å²) < 4.78 is 6.75. The van der Waals surface area contributed by atoms with Crippen molar-refractivity contribution >= 4 is 5.82 Å². The second-order valence-electron chi connectivity index (χ2n) is 3.77. The molecule has 96 valence electrons. The molecule has 0 aliphatic heterocycles. The van der Waals surface area contributed by atoms with Gasteiger partial charge in [0.15, 0.2) is 5.82 Å². The van der Waals surface area contributed by atoms with Crippen LogP contribution in [0.5, 0.6) is 5.75 Å². The molecule has 7 heteroatoms. The van der Waals surface area contributed by atoms with E-state index in [4.69, 9.17) is 4.74 Å². The number of ether oxygens (including phenoxy) is 1. The molecule has 0 saturated heterocycles. The van der Waals surface area contributed by atoms with Crippen LogP contribution >= 0.6 is 0 Å². The maximum absolute atomic E-state index is 11.4. The summed E-state index contributed by atoms with van der Waals surface area (Å²) in [6.45, 7) is 0.629. The molecule has 0 aliphatic carbocycles. The van der Waals surface area contributed by atoms with Crippen molar-refractivity contribution in [2.45, 2.75) is 6.42 Å². The molecule has 0 atom stereocenters. The molecule has 0 amide bonds. The van der Waals surface area contributed by atoms with E-state index in [1.54, 1.807) is 4.68 Å². The lowest BCUT2D eigenvalue weighted by Crippen LogP contribution is -2.15. The highest BCUT2D eigenvalue weighted by Crippen LogP contribution is 2.13. The highest BCUT2D eigenvalue weighted by atomic mass is 16.5. The van der Waals surface area contributed by atoms with Gasteiger partial charge >= 0.3 is 0 Å². The van der Waals surface area contributed by atoms with E-state index in [-0.39, 0.29) is 11.3 Å². The number of hydrogen-bond acceptors (Lipinski definition) is 5. The molecule has 0 radical (unpaired) electrons. The Hall–Kier alpha value is -2.31. The topological polar surface area (TPSA) is 84.8 Å². The molecule has 2 N–H and O–H groups in total. The lowest BCUT2D eigenvalue weighted by Gasteiger charge is -2.07. The molecule has 0 aromatic carbocycles. The number of methoxy groups -OCH3 is 1. The minimum atomic E-state index is -0.298. The van der Waals surface area contributed by atoms with Gasteiger partial charge in [0.25, 0.3) is 5.56 Å². The first kappa shape index (κ1) is 12.2. The third kappa shape index (κ3) is 2.68. The molecule has 7 nitrogen and oxygen atoms in total. The van der Waals surface area contributed by atoms with Crippen LogP contribution in [0.3, 0.4) is 0 Å². The molecule has 0 fully saturated rings. The molecule has 2 aromatic rings. The summed E-state index contributed by atoms with van der Waals surface area (Å²) in [4.78, 5) is 17.9. The summed E-state index contributed by atoms with van der Waals surface area (Å²) in [5, 5.41) is 7.32. The van der Waals surface area contributed by atoms with Crippen molar-refractivity contribution in [3.63, 3.8) is 0 Å². The molecule has 18 heavy (non-hydrogen) atoms. The minimum Gasteiger partial charge on any atom is -0.489 e. The van der Waals surface area contributed by atoms with Crippen LogP contribution in [0.4, 0.5) is 5.82 Å². The van der Waals surface area contributed by atoms with Crippen molar-refractivity contribution in [3.05, 3.63) is 34.6 Å². The number of hydrogen-bond donors (Lipinski definition) is 2. The Morgan fingerprint density at radius 3 is 3.06 bits per heavy atom. The molecule has 2 aromatic heterocycles. The van der Waals surface area contributed by atoms with Crippen LogP contribution in [0.1, 0.15) is 5.69 Å². The summed E-state index contributed by atoms with van der Waals surface area (Å²) in [5.74, 6) is 0.635. The zero-order chi connectivity index (χ0) is 13.0. The number of nitrogens with zero attached hydrogens (tertiary/aromatic N) is 3. The second-order valence-corrected chi connectivity index (χ2v) is 3.77. The van der Waals surface area contributed by atoms with Crippen molar-refractivity contribution in [1.82, 2.24) is 19.7 Å². The molecule has 0 saturated carbocycles. The van der Waals surface area contributed by atoms with Crippen LogP contribution in [0, 0.1) is 0 Å². The number of nitrogens with one attached hydrogen (secondary N) is 2. The van der Waals surface area contributed by atoms with Gasteiger partial charge in [-0.2, -0.15) is 5.10 Å². The van der Waals surface area contributed by atoms with E-state index in [0.29, 0.717) is 12.4 Å². The van der Waals surface area contributed by atoms with E-state index in [1.807, 2.05) is 19.3 Å². The molecule has 0 unspecified atom stereocenters. The smallest absolute Gasteiger partial charge is 0.295 e. The van der Waals surface area contributed by atoms with Crippen LogP contribution < -0.4 is 15.6 Å². The average molecular weight is 249 g/mol. The summed E-state index contributed by atoms with van der Waals surface area (Å²) in [7, 11) is 3.31. The Morgan fingerprint density at radius 2 is 2.39 bits per heavy atom. The van der Waals surface area contributed by atoms with Crippen molar-refractivity contribution < 1.29 is 4.74 Å². The summed E-state index contributed by atoms with van der Waals surface area (Å²) in [6, 6.07) is 1.95. The van der Waals surface area contributed by atoms with Gasteiger partial charge in [0.05, 0.1) is 19.1 Å². The first-order valence-electron chi connectivity index (χ1n) is 5.55. The highest BCUT2D eigenvalue weighted by molar-refractivity contribution is 5.47. The van der Waals surface area contributed by atoms with E-state index in [2.05, 4.69) is 20.4 Å². The van der Waals surface area contributed by atoms with Gasteiger partial charge in [0.2, 0.25) is 5.75 Å². The zero-order valence-corrected chi connectivity index (χ0v) is 10.3. The van der Waals surface area contributed by atoms with Gasteiger partial charge in [-0.15, -0.1) is 0 Å². The lowest BCUT2D eigenvalue weighted by molar-refractivity contribution is 0.408. The number of aryl methyl sites for hydroxylation is 1. The van der Waals surface area contributed by atoms with E-state index in [1.165, 1.54) is 13.4 Å². The maximum Gasteiger partial charge on any atom is 0.295 e. The van der Waals surface area contributed by atoms with Crippen LogP contribution in [0.25, 0.3) is 0 Å². The van der Waals surface area contributed by atoms with Gasteiger partial charge in [-0.1, -0.05) is 0 Å². The van der Waals surface area contributed by atoms with Crippen LogP contribution in [-0.4, -0.2) is 33.4 Å². The third-order valence-electron chi connectivity index (χ3n) is 2.46. The van der Waals surface area contributed by atoms with Gasteiger partial charge in [0.1, 0.15) is 0 Å². The predicted molar refractivity (Wildman–Crippen MR) is 66.8 cm³/mol. The Labute approximate surface area is 104 Å². The molecule has 0 spiro atoms. The number of aromatic amines is 1. The Bertz CT molecular complexity index is 575. The minimum absolute atomic E-state index is 0.193. The number of anilines is 1. The Balaban J connectivity index is 1.98. The quantitative estimate of drug-likeness (QED) is 0.789. The Kier molecular flexibility index (Phi) is 3.61. The van der Waals surface area contributed by atoms with Crippen molar-refractivity contribution in [3.8, 4) is 5.75 Å². The predicted octanol–water partition coefficient (Wildman–Crippen LogP) is 0.167. The fourth-order valence-electron chi connectivity index (χ4n) is 1.61.